The molecular formula is C23H28N4O2. The molecule has 2 aromatic rings. The van der Waals surface area contributed by atoms with E-state index in [1.165, 1.54) is 5.69 Å². The lowest BCUT2D eigenvalue weighted by Gasteiger charge is -2.28. The molecule has 0 unspecified atom stereocenters. The standard InChI is InChI=1S/C23H28N4O2/c1-3-19-9-7-8-17(2)22(19)24-23(29)26-25-21(28)16-18-12-14-27(15-13-18)20-10-5-4-6-11-20/h4-12H,3,13-16H2,1-2H3,(H,25,28)(H2,24,26,29). The maximum absolute atomic E-state index is 12.2. The number of anilines is 2. The van der Waals surface area contributed by atoms with Crippen LogP contribution in [0, 0.1) is 6.92 Å². The Bertz CT molecular complexity index is 893. The number of hydrogen-bond acceptors (Lipinski definition) is 3. The van der Waals surface area contributed by atoms with Crippen LogP contribution in [0.2, 0.25) is 0 Å². The quantitative estimate of drug-likeness (QED) is 0.533. The Morgan fingerprint density at radius 2 is 1.83 bits per heavy atom. The minimum absolute atomic E-state index is 0.222. The number of nitrogens with one attached hydrogen (secondary N) is 3. The van der Waals surface area contributed by atoms with E-state index in [0.717, 1.165) is 48.3 Å². The molecule has 1 aliphatic rings. The summed E-state index contributed by atoms with van der Waals surface area (Å²) in [6.45, 7) is 5.65. The largest absolute Gasteiger partial charge is 0.367 e. The topological polar surface area (TPSA) is 73.5 Å². The third-order valence-electron chi connectivity index (χ3n) is 5.11. The fraction of sp³-hybridized carbons (Fsp3) is 0.304. The van der Waals surface area contributed by atoms with Crippen molar-refractivity contribution in [2.75, 3.05) is 23.3 Å². The van der Waals surface area contributed by atoms with Crippen LogP contribution in [0.15, 0.2) is 60.2 Å². The number of carbonyl (C=O) groups excluding carboxylic acids is 2. The summed E-state index contributed by atoms with van der Waals surface area (Å²) in [5, 5.41) is 2.83. The van der Waals surface area contributed by atoms with Crippen LogP contribution in [0.4, 0.5) is 16.2 Å². The molecule has 29 heavy (non-hydrogen) atoms. The number of para-hydroxylation sites is 2. The van der Waals surface area contributed by atoms with Crippen LogP contribution in [0.25, 0.3) is 0 Å². The van der Waals surface area contributed by atoms with E-state index >= 15 is 0 Å². The number of hydrazine groups is 1. The Hall–Kier alpha value is -3.28. The summed E-state index contributed by atoms with van der Waals surface area (Å²) in [5.74, 6) is -0.222. The molecule has 0 bridgehead atoms. The average molecular weight is 393 g/mol. The molecule has 0 spiro atoms. The second-order valence-electron chi connectivity index (χ2n) is 7.16. The molecule has 0 saturated carbocycles. The Morgan fingerprint density at radius 3 is 2.52 bits per heavy atom. The maximum atomic E-state index is 12.2. The molecule has 0 fully saturated rings. The van der Waals surface area contributed by atoms with Crippen molar-refractivity contribution in [2.45, 2.75) is 33.1 Å². The highest BCUT2D eigenvalue weighted by molar-refractivity contribution is 5.92. The van der Waals surface area contributed by atoms with Gasteiger partial charge in [0, 0.05) is 30.9 Å². The zero-order valence-corrected chi connectivity index (χ0v) is 17.0. The minimum Gasteiger partial charge on any atom is -0.367 e. The van der Waals surface area contributed by atoms with Gasteiger partial charge < -0.3 is 10.2 Å². The van der Waals surface area contributed by atoms with E-state index in [-0.39, 0.29) is 12.3 Å². The molecule has 0 aromatic heterocycles. The van der Waals surface area contributed by atoms with Crippen molar-refractivity contribution in [3.05, 3.63) is 71.3 Å². The second-order valence-corrected chi connectivity index (χ2v) is 7.16. The van der Waals surface area contributed by atoms with E-state index < -0.39 is 6.03 Å². The molecule has 6 nitrogen and oxygen atoms in total. The third-order valence-corrected chi connectivity index (χ3v) is 5.11. The van der Waals surface area contributed by atoms with Gasteiger partial charge in [-0.2, -0.15) is 0 Å². The number of hydrogen-bond donors (Lipinski definition) is 3. The summed E-state index contributed by atoms with van der Waals surface area (Å²) in [7, 11) is 0. The number of urea groups is 1. The van der Waals surface area contributed by atoms with Crippen molar-refractivity contribution >= 4 is 23.3 Å². The minimum atomic E-state index is -0.449. The lowest BCUT2D eigenvalue weighted by Crippen LogP contribution is -2.44. The van der Waals surface area contributed by atoms with Crippen LogP contribution < -0.4 is 21.1 Å². The molecule has 0 radical (unpaired) electrons. The van der Waals surface area contributed by atoms with E-state index in [2.05, 4.69) is 39.3 Å². The first-order valence-electron chi connectivity index (χ1n) is 9.99. The van der Waals surface area contributed by atoms with Crippen molar-refractivity contribution in [2.24, 2.45) is 0 Å². The molecule has 1 aliphatic heterocycles. The van der Waals surface area contributed by atoms with Gasteiger partial charge in [0.2, 0.25) is 5.91 Å². The molecule has 3 amide bonds. The van der Waals surface area contributed by atoms with Gasteiger partial charge in [0.25, 0.3) is 0 Å². The van der Waals surface area contributed by atoms with E-state index in [0.29, 0.717) is 0 Å². The van der Waals surface area contributed by atoms with Crippen molar-refractivity contribution in [1.82, 2.24) is 10.9 Å². The van der Waals surface area contributed by atoms with Crippen molar-refractivity contribution in [3.63, 3.8) is 0 Å². The summed E-state index contributed by atoms with van der Waals surface area (Å²) in [5.41, 5.74) is 10.1. The summed E-state index contributed by atoms with van der Waals surface area (Å²) < 4.78 is 0. The van der Waals surface area contributed by atoms with Crippen LogP contribution in [0.3, 0.4) is 0 Å². The van der Waals surface area contributed by atoms with Gasteiger partial charge in [-0.15, -0.1) is 0 Å². The number of aryl methyl sites for hydroxylation is 2. The van der Waals surface area contributed by atoms with Gasteiger partial charge in [-0.1, -0.05) is 55.0 Å². The Labute approximate surface area is 172 Å². The van der Waals surface area contributed by atoms with Crippen LogP contribution in [-0.4, -0.2) is 25.0 Å². The summed E-state index contributed by atoms with van der Waals surface area (Å²) in [6.07, 6.45) is 4.03. The van der Waals surface area contributed by atoms with E-state index in [1.807, 2.05) is 50.2 Å². The summed E-state index contributed by atoms with van der Waals surface area (Å²) in [4.78, 5) is 26.7. The third kappa shape index (κ3) is 5.60. The average Bonchev–Trinajstić information content (AvgIpc) is 2.75. The lowest BCUT2D eigenvalue weighted by molar-refractivity contribution is -0.121. The van der Waals surface area contributed by atoms with Crippen LogP contribution in [-0.2, 0) is 11.2 Å². The van der Waals surface area contributed by atoms with Gasteiger partial charge >= 0.3 is 6.03 Å². The predicted octanol–water partition coefficient (Wildman–Crippen LogP) is 3.94. The van der Waals surface area contributed by atoms with Gasteiger partial charge in [-0.3, -0.25) is 10.2 Å². The van der Waals surface area contributed by atoms with Crippen LogP contribution in [0.5, 0.6) is 0 Å². The predicted molar refractivity (Wildman–Crippen MR) is 117 cm³/mol. The van der Waals surface area contributed by atoms with Gasteiger partial charge in [-0.25, -0.2) is 10.2 Å². The molecule has 2 aromatic carbocycles. The zero-order valence-electron chi connectivity index (χ0n) is 17.0. The van der Waals surface area contributed by atoms with Gasteiger partial charge in [0.05, 0.1) is 0 Å². The normalized spacial score (nSPS) is 13.4. The highest BCUT2D eigenvalue weighted by Gasteiger charge is 2.15. The smallest absolute Gasteiger partial charge is 0.337 e. The molecule has 3 N–H and O–H groups in total. The Kier molecular flexibility index (Phi) is 6.89. The van der Waals surface area contributed by atoms with E-state index in [9.17, 15) is 9.59 Å². The molecular weight excluding hydrogens is 364 g/mol. The number of rotatable bonds is 5. The molecule has 152 valence electrons. The first kappa shape index (κ1) is 20.5. The Balaban J connectivity index is 1.46. The highest BCUT2D eigenvalue weighted by atomic mass is 16.2. The SMILES string of the molecule is CCc1cccc(C)c1NC(=O)NNC(=O)CC1=CCN(c2ccccc2)CC1. The van der Waals surface area contributed by atoms with Crippen molar-refractivity contribution in [1.29, 1.82) is 0 Å². The van der Waals surface area contributed by atoms with Gasteiger partial charge in [0.1, 0.15) is 0 Å². The number of amides is 3. The maximum Gasteiger partial charge on any atom is 0.337 e. The number of nitrogens with zero attached hydrogens (tertiary/aromatic N) is 1. The lowest BCUT2D eigenvalue weighted by atomic mass is 10.0. The first-order chi connectivity index (χ1) is 14.1. The highest BCUT2D eigenvalue weighted by Crippen LogP contribution is 2.21. The fourth-order valence-corrected chi connectivity index (χ4v) is 3.47. The van der Waals surface area contributed by atoms with E-state index in [1.54, 1.807) is 0 Å². The summed E-state index contributed by atoms with van der Waals surface area (Å²) >= 11 is 0. The van der Waals surface area contributed by atoms with Crippen molar-refractivity contribution < 1.29 is 9.59 Å². The second kappa shape index (κ2) is 9.78. The van der Waals surface area contributed by atoms with Crippen LogP contribution >= 0.6 is 0 Å². The fourth-order valence-electron chi connectivity index (χ4n) is 3.47. The van der Waals surface area contributed by atoms with Gasteiger partial charge in [0.15, 0.2) is 0 Å². The Morgan fingerprint density at radius 1 is 1.03 bits per heavy atom. The zero-order chi connectivity index (χ0) is 20.6. The monoisotopic (exact) mass is 392 g/mol. The molecule has 0 aliphatic carbocycles. The number of benzene rings is 2. The first-order valence-corrected chi connectivity index (χ1v) is 9.99. The number of carbonyl (C=O) groups is 2. The molecule has 0 saturated heterocycles. The molecule has 3 rings (SSSR count). The molecule has 6 heteroatoms. The molecule has 1 heterocycles. The van der Waals surface area contributed by atoms with Gasteiger partial charge in [-0.05, 0) is 43.0 Å². The molecule has 0 atom stereocenters. The van der Waals surface area contributed by atoms with Crippen molar-refractivity contribution in [3.8, 4) is 0 Å². The van der Waals surface area contributed by atoms with Crippen LogP contribution in [0.1, 0.15) is 30.9 Å². The van der Waals surface area contributed by atoms with E-state index in [4.69, 9.17) is 0 Å². The summed E-state index contributed by atoms with van der Waals surface area (Å²) in [6, 6.07) is 15.7.